The van der Waals surface area contributed by atoms with Crippen LogP contribution in [0.5, 0.6) is 0 Å². The minimum absolute atomic E-state index is 0.259. The molecule has 1 saturated carbocycles. The van der Waals surface area contributed by atoms with Crippen molar-refractivity contribution in [1.82, 2.24) is 0 Å². The van der Waals surface area contributed by atoms with E-state index in [4.69, 9.17) is 4.74 Å². The lowest BCUT2D eigenvalue weighted by atomic mass is 9.79. The molecule has 0 aromatic carbocycles. The molecule has 1 amide bonds. The predicted octanol–water partition coefficient (Wildman–Crippen LogP) is 3.76. The van der Waals surface area contributed by atoms with Gasteiger partial charge in [-0.05, 0) is 46.1 Å². The predicted molar refractivity (Wildman–Crippen MR) is 96.1 cm³/mol. The van der Waals surface area contributed by atoms with E-state index in [1.807, 2.05) is 13.8 Å². The Morgan fingerprint density at radius 2 is 1.76 bits per heavy atom. The number of hydrogen-bond acceptors (Lipinski definition) is 5. The minimum atomic E-state index is -0.933. The molecule has 1 heterocycles. The smallest absolute Gasteiger partial charge is 0.341 e. The third kappa shape index (κ3) is 4.39. The number of esters is 1. The zero-order valence-electron chi connectivity index (χ0n) is 15.0. The highest BCUT2D eigenvalue weighted by Gasteiger charge is 2.36. The molecule has 1 aromatic rings. The van der Waals surface area contributed by atoms with E-state index < -0.39 is 23.8 Å². The zero-order chi connectivity index (χ0) is 18.7. The van der Waals surface area contributed by atoms with Crippen LogP contribution in [0.2, 0.25) is 0 Å². The van der Waals surface area contributed by atoms with Crippen molar-refractivity contribution in [2.45, 2.75) is 59.5 Å². The maximum absolute atomic E-state index is 12.7. The Balaban J connectivity index is 2.24. The molecule has 2 N–H and O–H groups in total. The quantitative estimate of drug-likeness (QED) is 0.773. The lowest BCUT2D eigenvalue weighted by molar-refractivity contribution is -0.147. The topological polar surface area (TPSA) is 92.7 Å². The van der Waals surface area contributed by atoms with Gasteiger partial charge in [-0.3, -0.25) is 9.59 Å². The van der Waals surface area contributed by atoms with E-state index in [0.717, 1.165) is 23.3 Å². The molecule has 2 atom stereocenters. The molecular formula is C18H25NO5S. The number of carboxylic acid groups (broad SMARTS) is 1. The number of amides is 1. The summed E-state index contributed by atoms with van der Waals surface area (Å²) in [6.07, 6.45) is 2.47. The van der Waals surface area contributed by atoms with Gasteiger partial charge in [0.25, 0.3) is 0 Å². The molecule has 1 aliphatic rings. The Morgan fingerprint density at radius 3 is 2.32 bits per heavy atom. The number of nitrogens with one attached hydrogen (secondary N) is 1. The van der Waals surface area contributed by atoms with Crippen molar-refractivity contribution in [2.75, 3.05) is 5.32 Å². The van der Waals surface area contributed by atoms with E-state index in [-0.39, 0.29) is 12.0 Å². The first-order chi connectivity index (χ1) is 11.7. The van der Waals surface area contributed by atoms with Gasteiger partial charge in [0.2, 0.25) is 5.91 Å². The number of aliphatic carboxylic acids is 1. The first kappa shape index (κ1) is 19.4. The fraction of sp³-hybridized carbons (Fsp3) is 0.611. The van der Waals surface area contributed by atoms with Gasteiger partial charge in [-0.15, -0.1) is 11.3 Å². The number of thiophene rings is 1. The van der Waals surface area contributed by atoms with Gasteiger partial charge in [-0.2, -0.15) is 0 Å². The van der Waals surface area contributed by atoms with Crippen molar-refractivity contribution < 1.29 is 24.2 Å². The van der Waals surface area contributed by atoms with Gasteiger partial charge < -0.3 is 15.2 Å². The second kappa shape index (κ2) is 7.99. The standard InChI is InChI=1S/C18H25NO5S/c1-9(2)24-18(23)14-10(3)11(4)25-16(14)19-15(20)12-7-5-6-8-13(12)17(21)22/h9,12-13H,5-8H2,1-4H3,(H,19,20)(H,21,22). The van der Waals surface area contributed by atoms with Crippen LogP contribution in [0.3, 0.4) is 0 Å². The summed E-state index contributed by atoms with van der Waals surface area (Å²) >= 11 is 1.32. The Hall–Kier alpha value is -1.89. The highest BCUT2D eigenvalue weighted by atomic mass is 32.1. The first-order valence-corrected chi connectivity index (χ1v) is 9.38. The van der Waals surface area contributed by atoms with E-state index in [1.54, 1.807) is 13.8 Å². The number of carbonyl (C=O) groups excluding carboxylic acids is 2. The molecule has 0 radical (unpaired) electrons. The third-order valence-corrected chi connectivity index (χ3v) is 5.71. The Labute approximate surface area is 151 Å². The molecule has 2 rings (SSSR count). The number of carboxylic acids is 1. The monoisotopic (exact) mass is 367 g/mol. The average Bonchev–Trinajstić information content (AvgIpc) is 2.80. The molecule has 0 saturated heterocycles. The maximum Gasteiger partial charge on any atom is 0.341 e. The zero-order valence-corrected chi connectivity index (χ0v) is 15.9. The summed E-state index contributed by atoms with van der Waals surface area (Å²) in [4.78, 5) is 37.4. The van der Waals surface area contributed by atoms with Gasteiger partial charge in [-0.1, -0.05) is 12.8 Å². The Morgan fingerprint density at radius 1 is 1.16 bits per heavy atom. The Bertz CT molecular complexity index is 679. The molecular weight excluding hydrogens is 342 g/mol. The van der Waals surface area contributed by atoms with Crippen molar-refractivity contribution in [2.24, 2.45) is 11.8 Å². The van der Waals surface area contributed by atoms with Crippen LogP contribution in [0.4, 0.5) is 5.00 Å². The summed E-state index contributed by atoms with van der Waals surface area (Å²) in [5, 5.41) is 12.6. The van der Waals surface area contributed by atoms with Gasteiger partial charge in [0.1, 0.15) is 5.00 Å². The number of carbonyl (C=O) groups is 3. The van der Waals surface area contributed by atoms with Crippen LogP contribution < -0.4 is 5.32 Å². The van der Waals surface area contributed by atoms with Gasteiger partial charge in [-0.25, -0.2) is 4.79 Å². The summed E-state index contributed by atoms with van der Waals surface area (Å²) < 4.78 is 5.28. The summed E-state index contributed by atoms with van der Waals surface area (Å²) in [5.41, 5.74) is 1.15. The first-order valence-electron chi connectivity index (χ1n) is 8.57. The molecule has 0 bridgehead atoms. The van der Waals surface area contributed by atoms with Crippen LogP contribution in [-0.2, 0) is 14.3 Å². The second-order valence-corrected chi connectivity index (χ2v) is 7.99. The largest absolute Gasteiger partial charge is 0.481 e. The summed E-state index contributed by atoms with van der Waals surface area (Å²) in [6.45, 7) is 7.23. The van der Waals surface area contributed by atoms with Crippen LogP contribution in [0, 0.1) is 25.7 Å². The van der Waals surface area contributed by atoms with Crippen LogP contribution in [0.1, 0.15) is 60.3 Å². The van der Waals surface area contributed by atoms with Crippen molar-refractivity contribution in [1.29, 1.82) is 0 Å². The summed E-state index contributed by atoms with van der Waals surface area (Å²) in [5.74, 6) is -2.96. The van der Waals surface area contributed by atoms with E-state index in [0.29, 0.717) is 23.4 Å². The molecule has 0 aliphatic heterocycles. The summed E-state index contributed by atoms with van der Waals surface area (Å²) in [7, 11) is 0. The van der Waals surface area contributed by atoms with E-state index in [9.17, 15) is 19.5 Å². The molecule has 25 heavy (non-hydrogen) atoms. The molecule has 1 aromatic heterocycles. The molecule has 2 unspecified atom stereocenters. The van der Waals surface area contributed by atoms with Gasteiger partial charge >= 0.3 is 11.9 Å². The fourth-order valence-corrected chi connectivity index (χ4v) is 4.23. The van der Waals surface area contributed by atoms with E-state index in [1.165, 1.54) is 11.3 Å². The number of aryl methyl sites for hydroxylation is 1. The lowest BCUT2D eigenvalue weighted by Crippen LogP contribution is -2.36. The van der Waals surface area contributed by atoms with Crippen LogP contribution in [-0.4, -0.2) is 29.1 Å². The number of ether oxygens (including phenoxy) is 1. The molecule has 138 valence electrons. The van der Waals surface area contributed by atoms with Gasteiger partial charge in [0.15, 0.2) is 0 Å². The molecule has 0 spiro atoms. The Kier molecular flexibility index (Phi) is 6.21. The molecule has 7 heteroatoms. The van der Waals surface area contributed by atoms with Gasteiger partial charge in [0, 0.05) is 4.88 Å². The van der Waals surface area contributed by atoms with Crippen LogP contribution in [0.15, 0.2) is 0 Å². The number of rotatable bonds is 5. The SMILES string of the molecule is Cc1sc(NC(=O)C2CCCCC2C(=O)O)c(C(=O)OC(C)C)c1C. The van der Waals surface area contributed by atoms with Crippen LogP contribution >= 0.6 is 11.3 Å². The highest BCUT2D eigenvalue weighted by Crippen LogP contribution is 2.36. The van der Waals surface area contributed by atoms with Crippen molar-refractivity contribution in [3.63, 3.8) is 0 Å². The van der Waals surface area contributed by atoms with Crippen molar-refractivity contribution in [3.05, 3.63) is 16.0 Å². The number of anilines is 1. The van der Waals surface area contributed by atoms with E-state index >= 15 is 0 Å². The fourth-order valence-electron chi connectivity index (χ4n) is 3.18. The molecule has 1 fully saturated rings. The van der Waals surface area contributed by atoms with Gasteiger partial charge in [0.05, 0.1) is 23.5 Å². The normalized spacial score (nSPS) is 20.4. The average molecular weight is 367 g/mol. The second-order valence-electron chi connectivity index (χ2n) is 6.77. The third-order valence-electron chi connectivity index (χ3n) is 4.59. The minimum Gasteiger partial charge on any atom is -0.481 e. The number of hydrogen-bond donors (Lipinski definition) is 2. The lowest BCUT2D eigenvalue weighted by Gasteiger charge is -2.27. The summed E-state index contributed by atoms with van der Waals surface area (Å²) in [6, 6.07) is 0. The molecule has 1 aliphatic carbocycles. The molecule has 6 nitrogen and oxygen atoms in total. The van der Waals surface area contributed by atoms with E-state index in [2.05, 4.69) is 5.32 Å². The van der Waals surface area contributed by atoms with Crippen molar-refractivity contribution >= 4 is 34.2 Å². The maximum atomic E-state index is 12.7. The highest BCUT2D eigenvalue weighted by molar-refractivity contribution is 7.16. The van der Waals surface area contributed by atoms with Crippen LogP contribution in [0.25, 0.3) is 0 Å². The van der Waals surface area contributed by atoms with Crippen molar-refractivity contribution in [3.8, 4) is 0 Å².